The maximum absolute atomic E-state index is 12.7. The number of rotatable bonds is 6. The van der Waals surface area contributed by atoms with Crippen LogP contribution in [-0.4, -0.2) is 46.4 Å². The second-order valence-corrected chi connectivity index (χ2v) is 6.73. The molecule has 2 aromatic rings. The predicted molar refractivity (Wildman–Crippen MR) is 108 cm³/mol. The Kier molecular flexibility index (Phi) is 6.26. The van der Waals surface area contributed by atoms with Gasteiger partial charge in [-0.2, -0.15) is 0 Å². The molecule has 29 heavy (non-hydrogen) atoms. The van der Waals surface area contributed by atoms with E-state index >= 15 is 0 Å². The van der Waals surface area contributed by atoms with Crippen LogP contribution in [0.25, 0.3) is 0 Å². The van der Waals surface area contributed by atoms with E-state index in [1.165, 1.54) is 14.2 Å². The number of hydrogen-bond donors (Lipinski definition) is 0. The van der Waals surface area contributed by atoms with E-state index in [2.05, 4.69) is 0 Å². The molecule has 154 valence electrons. The third-order valence-corrected chi connectivity index (χ3v) is 5.02. The Morgan fingerprint density at radius 3 is 2.31 bits per heavy atom. The fraction of sp³-hybridized carbons (Fsp3) is 0.364. The molecular formula is C22H25NO6. The molecule has 0 fully saturated rings. The third kappa shape index (κ3) is 4.29. The molecule has 0 aromatic heterocycles. The van der Waals surface area contributed by atoms with Crippen LogP contribution in [-0.2, 0) is 16.0 Å². The molecule has 1 aliphatic heterocycles. The number of carbonyl (C=O) groups excluding carboxylic acids is 2. The molecule has 0 saturated heterocycles. The number of fused-ring (bicyclic) bond motifs is 1. The van der Waals surface area contributed by atoms with Gasteiger partial charge < -0.3 is 23.8 Å². The molecular weight excluding hydrogens is 374 g/mol. The van der Waals surface area contributed by atoms with E-state index in [-0.39, 0.29) is 18.1 Å². The summed E-state index contributed by atoms with van der Waals surface area (Å²) in [6.45, 7) is 2.07. The highest BCUT2D eigenvalue weighted by molar-refractivity contribution is 5.98. The van der Waals surface area contributed by atoms with Gasteiger partial charge in [-0.05, 0) is 55.7 Å². The second-order valence-electron chi connectivity index (χ2n) is 6.73. The van der Waals surface area contributed by atoms with Crippen LogP contribution in [0.3, 0.4) is 0 Å². The number of anilines is 1. The topological polar surface area (TPSA) is 74.3 Å². The van der Waals surface area contributed by atoms with E-state index in [0.29, 0.717) is 18.0 Å². The summed E-state index contributed by atoms with van der Waals surface area (Å²) in [5.74, 6) is 0.909. The highest BCUT2D eigenvalue weighted by atomic mass is 16.5. The van der Waals surface area contributed by atoms with Gasteiger partial charge in [0.25, 0.3) is 5.91 Å². The Balaban J connectivity index is 1.71. The summed E-state index contributed by atoms with van der Waals surface area (Å²) in [4.78, 5) is 26.9. The molecule has 0 bridgehead atoms. The fourth-order valence-electron chi connectivity index (χ4n) is 3.45. The Labute approximate surface area is 170 Å². The Morgan fingerprint density at radius 1 is 1.00 bits per heavy atom. The lowest BCUT2D eigenvalue weighted by Crippen LogP contribution is -2.38. The van der Waals surface area contributed by atoms with Crippen molar-refractivity contribution in [3.8, 4) is 17.2 Å². The molecule has 1 heterocycles. The maximum Gasteiger partial charge on any atom is 0.338 e. The SMILES string of the molecule is COc1ccc2c(c1)CCCN2C(=O)COC(=O)c1cc(OC)c(C)c(OC)c1. The first kappa shape index (κ1) is 20.5. The van der Waals surface area contributed by atoms with Gasteiger partial charge in [-0.15, -0.1) is 0 Å². The van der Waals surface area contributed by atoms with Crippen LogP contribution in [0.15, 0.2) is 30.3 Å². The van der Waals surface area contributed by atoms with Crippen LogP contribution < -0.4 is 19.1 Å². The van der Waals surface area contributed by atoms with Gasteiger partial charge in [-0.25, -0.2) is 4.79 Å². The van der Waals surface area contributed by atoms with Gasteiger partial charge in [0, 0.05) is 17.8 Å². The minimum atomic E-state index is -0.609. The van der Waals surface area contributed by atoms with Crippen molar-refractivity contribution in [1.82, 2.24) is 0 Å². The second kappa shape index (κ2) is 8.86. The molecule has 0 radical (unpaired) electrons. The Hall–Kier alpha value is -3.22. The first-order valence-corrected chi connectivity index (χ1v) is 9.35. The van der Waals surface area contributed by atoms with Crippen LogP contribution in [0.4, 0.5) is 5.69 Å². The summed E-state index contributed by atoms with van der Waals surface area (Å²) in [5.41, 5.74) is 2.92. The molecule has 7 heteroatoms. The molecule has 1 aliphatic rings. The lowest BCUT2D eigenvalue weighted by Gasteiger charge is -2.29. The summed E-state index contributed by atoms with van der Waals surface area (Å²) >= 11 is 0. The van der Waals surface area contributed by atoms with Crippen molar-refractivity contribution in [2.75, 3.05) is 39.4 Å². The number of amides is 1. The van der Waals surface area contributed by atoms with Crippen LogP contribution in [0.5, 0.6) is 17.2 Å². The van der Waals surface area contributed by atoms with Gasteiger partial charge in [0.1, 0.15) is 17.2 Å². The summed E-state index contributed by atoms with van der Waals surface area (Å²) < 4.78 is 21.1. The quantitative estimate of drug-likeness (QED) is 0.695. The molecule has 0 atom stereocenters. The molecule has 0 spiro atoms. The molecule has 7 nitrogen and oxygen atoms in total. The normalized spacial score (nSPS) is 12.8. The number of hydrogen-bond acceptors (Lipinski definition) is 6. The van der Waals surface area contributed by atoms with Crippen LogP contribution in [0.1, 0.15) is 27.9 Å². The Bertz CT molecular complexity index is 899. The molecule has 0 N–H and O–H groups in total. The average Bonchev–Trinajstić information content (AvgIpc) is 2.76. The standard InChI is InChI=1S/C22H25NO6/c1-14-19(27-3)11-16(12-20(14)28-4)22(25)29-13-21(24)23-9-5-6-15-10-17(26-2)7-8-18(15)23/h7-8,10-12H,5-6,9,13H2,1-4H3. The van der Waals surface area contributed by atoms with Gasteiger partial charge in [0.15, 0.2) is 6.61 Å². The van der Waals surface area contributed by atoms with E-state index in [1.54, 1.807) is 24.1 Å². The van der Waals surface area contributed by atoms with Crippen molar-refractivity contribution in [2.45, 2.75) is 19.8 Å². The van der Waals surface area contributed by atoms with Gasteiger partial charge in [-0.1, -0.05) is 0 Å². The Morgan fingerprint density at radius 2 is 1.69 bits per heavy atom. The molecule has 2 aromatic carbocycles. The van der Waals surface area contributed by atoms with Crippen molar-refractivity contribution in [2.24, 2.45) is 0 Å². The zero-order valence-corrected chi connectivity index (χ0v) is 17.1. The lowest BCUT2D eigenvalue weighted by molar-refractivity contribution is -0.121. The largest absolute Gasteiger partial charge is 0.497 e. The van der Waals surface area contributed by atoms with Crippen molar-refractivity contribution >= 4 is 17.6 Å². The minimum Gasteiger partial charge on any atom is -0.497 e. The first-order chi connectivity index (χ1) is 14.0. The van der Waals surface area contributed by atoms with Gasteiger partial charge in [-0.3, -0.25) is 4.79 Å². The summed E-state index contributed by atoms with van der Waals surface area (Å²) in [5, 5.41) is 0. The number of aryl methyl sites for hydroxylation is 1. The van der Waals surface area contributed by atoms with Gasteiger partial charge in [0.2, 0.25) is 0 Å². The predicted octanol–water partition coefficient (Wildman–Crippen LogP) is 3.16. The van der Waals surface area contributed by atoms with E-state index in [4.69, 9.17) is 18.9 Å². The molecule has 0 unspecified atom stereocenters. The molecule has 0 aliphatic carbocycles. The number of nitrogens with zero attached hydrogens (tertiary/aromatic N) is 1. The number of benzene rings is 2. The molecule has 0 saturated carbocycles. The monoisotopic (exact) mass is 399 g/mol. The minimum absolute atomic E-state index is 0.265. The zero-order valence-electron chi connectivity index (χ0n) is 17.1. The smallest absolute Gasteiger partial charge is 0.338 e. The van der Waals surface area contributed by atoms with E-state index in [9.17, 15) is 9.59 Å². The number of methoxy groups -OCH3 is 3. The van der Waals surface area contributed by atoms with Gasteiger partial charge >= 0.3 is 5.97 Å². The van der Waals surface area contributed by atoms with E-state index in [0.717, 1.165) is 35.4 Å². The van der Waals surface area contributed by atoms with Crippen LogP contribution in [0, 0.1) is 6.92 Å². The summed E-state index contributed by atoms with van der Waals surface area (Å²) in [7, 11) is 4.65. The first-order valence-electron chi connectivity index (χ1n) is 9.35. The van der Waals surface area contributed by atoms with Gasteiger partial charge in [0.05, 0.1) is 26.9 Å². The zero-order chi connectivity index (χ0) is 21.0. The average molecular weight is 399 g/mol. The number of ether oxygens (including phenoxy) is 4. The lowest BCUT2D eigenvalue weighted by atomic mass is 10.0. The summed E-state index contributed by atoms with van der Waals surface area (Å²) in [6, 6.07) is 8.77. The summed E-state index contributed by atoms with van der Waals surface area (Å²) in [6.07, 6.45) is 1.71. The number of esters is 1. The highest BCUT2D eigenvalue weighted by Crippen LogP contribution is 2.31. The van der Waals surface area contributed by atoms with Crippen LogP contribution in [0.2, 0.25) is 0 Å². The van der Waals surface area contributed by atoms with Crippen molar-refractivity contribution in [3.05, 3.63) is 47.0 Å². The van der Waals surface area contributed by atoms with Crippen molar-refractivity contribution in [3.63, 3.8) is 0 Å². The van der Waals surface area contributed by atoms with E-state index in [1.807, 2.05) is 25.1 Å². The van der Waals surface area contributed by atoms with E-state index < -0.39 is 5.97 Å². The maximum atomic E-state index is 12.7. The van der Waals surface area contributed by atoms with Crippen LogP contribution >= 0.6 is 0 Å². The third-order valence-electron chi connectivity index (χ3n) is 5.02. The molecule has 3 rings (SSSR count). The highest BCUT2D eigenvalue weighted by Gasteiger charge is 2.24. The number of carbonyl (C=O) groups is 2. The fourth-order valence-corrected chi connectivity index (χ4v) is 3.45. The molecule has 1 amide bonds. The van der Waals surface area contributed by atoms with Crippen molar-refractivity contribution in [1.29, 1.82) is 0 Å². The van der Waals surface area contributed by atoms with Crippen molar-refractivity contribution < 1.29 is 28.5 Å².